The number of fused-ring (bicyclic) bond motifs is 1. The fourth-order valence-electron chi connectivity index (χ4n) is 1.78. The highest BCUT2D eigenvalue weighted by Crippen LogP contribution is 2.36. The number of hydrogen-bond acceptors (Lipinski definition) is 1. The van der Waals surface area contributed by atoms with Gasteiger partial charge in [-0.3, -0.25) is 0 Å². The molecule has 0 bridgehead atoms. The Bertz CT molecular complexity index is 608. The van der Waals surface area contributed by atoms with Crippen LogP contribution in [-0.4, -0.2) is 4.57 Å². The second-order valence-corrected chi connectivity index (χ2v) is 4.51. The molecular formula is C11H7Cl3N2. The van der Waals surface area contributed by atoms with Crippen molar-refractivity contribution in [3.05, 3.63) is 32.9 Å². The van der Waals surface area contributed by atoms with Crippen LogP contribution in [0.3, 0.4) is 0 Å². The number of nitrogens with zero attached hydrogens (tertiary/aromatic N) is 2. The topological polar surface area (TPSA) is 28.7 Å². The summed E-state index contributed by atoms with van der Waals surface area (Å²) >= 11 is 18.1. The molecular weight excluding hydrogens is 266 g/mol. The summed E-state index contributed by atoms with van der Waals surface area (Å²) in [6.45, 7) is 2.59. The zero-order valence-corrected chi connectivity index (χ0v) is 10.7. The highest BCUT2D eigenvalue weighted by atomic mass is 35.5. The molecule has 0 spiro atoms. The number of aromatic nitrogens is 1. The van der Waals surface area contributed by atoms with Crippen LogP contribution in [0.1, 0.15) is 12.5 Å². The maximum atomic E-state index is 9.07. The van der Waals surface area contributed by atoms with Crippen LogP contribution in [0.4, 0.5) is 0 Å². The third kappa shape index (κ3) is 1.56. The van der Waals surface area contributed by atoms with Crippen LogP contribution in [0.25, 0.3) is 10.9 Å². The lowest BCUT2D eigenvalue weighted by atomic mass is 10.2. The molecule has 0 saturated heterocycles. The summed E-state index contributed by atoms with van der Waals surface area (Å²) < 4.78 is 1.80. The predicted octanol–water partition coefficient (Wildman–Crippen LogP) is 4.49. The average Bonchev–Trinajstić information content (AvgIpc) is 2.49. The Morgan fingerprint density at radius 3 is 2.56 bits per heavy atom. The van der Waals surface area contributed by atoms with Gasteiger partial charge in [0.2, 0.25) is 0 Å². The van der Waals surface area contributed by atoms with E-state index >= 15 is 0 Å². The van der Waals surface area contributed by atoms with Crippen LogP contribution >= 0.6 is 34.8 Å². The minimum absolute atomic E-state index is 0.407. The summed E-state index contributed by atoms with van der Waals surface area (Å²) in [5.74, 6) is 0. The summed E-state index contributed by atoms with van der Waals surface area (Å²) in [6, 6.07) is 5.43. The van der Waals surface area contributed by atoms with Gasteiger partial charge in [-0.2, -0.15) is 5.26 Å². The molecule has 2 rings (SSSR count). The molecule has 2 aromatic rings. The molecule has 0 unspecified atom stereocenters. The lowest BCUT2D eigenvalue weighted by molar-refractivity contribution is 0.798. The van der Waals surface area contributed by atoms with E-state index in [0.717, 1.165) is 5.52 Å². The number of rotatable bonds is 1. The average molecular weight is 274 g/mol. The monoisotopic (exact) mass is 272 g/mol. The Labute approximate surface area is 108 Å². The number of hydrogen-bond donors (Lipinski definition) is 0. The Hall–Kier alpha value is -0.880. The van der Waals surface area contributed by atoms with Crippen molar-refractivity contribution in [1.82, 2.24) is 4.57 Å². The second kappa shape index (κ2) is 4.18. The van der Waals surface area contributed by atoms with Gasteiger partial charge in [0.05, 0.1) is 16.1 Å². The Kier molecular flexibility index (Phi) is 3.03. The molecule has 0 aliphatic heterocycles. The molecule has 82 valence electrons. The number of nitriles is 1. The van der Waals surface area contributed by atoms with Crippen molar-refractivity contribution in [3.8, 4) is 6.07 Å². The minimum Gasteiger partial charge on any atom is -0.330 e. The molecule has 1 aromatic heterocycles. The number of benzene rings is 1. The molecule has 0 aliphatic carbocycles. The van der Waals surface area contributed by atoms with Gasteiger partial charge in [-0.1, -0.05) is 34.8 Å². The first-order chi connectivity index (χ1) is 7.60. The zero-order valence-electron chi connectivity index (χ0n) is 8.39. The van der Waals surface area contributed by atoms with E-state index in [1.807, 2.05) is 6.92 Å². The minimum atomic E-state index is 0.407. The Balaban J connectivity index is 3.02. The van der Waals surface area contributed by atoms with Gasteiger partial charge in [0.25, 0.3) is 0 Å². The second-order valence-electron chi connectivity index (χ2n) is 3.31. The molecule has 0 saturated carbocycles. The Morgan fingerprint density at radius 2 is 2.00 bits per heavy atom. The van der Waals surface area contributed by atoms with E-state index in [0.29, 0.717) is 32.7 Å². The molecule has 0 atom stereocenters. The number of aryl methyl sites for hydroxylation is 1. The van der Waals surface area contributed by atoms with Crippen molar-refractivity contribution >= 4 is 45.7 Å². The maximum Gasteiger partial charge on any atom is 0.128 e. The van der Waals surface area contributed by atoms with Crippen LogP contribution in [0, 0.1) is 11.3 Å². The first-order valence-electron chi connectivity index (χ1n) is 4.67. The molecule has 0 radical (unpaired) electrons. The largest absolute Gasteiger partial charge is 0.330 e. The van der Waals surface area contributed by atoms with Gasteiger partial charge in [0, 0.05) is 17.0 Å². The summed E-state index contributed by atoms with van der Waals surface area (Å²) in [5.41, 5.74) is 1.18. The van der Waals surface area contributed by atoms with Crippen LogP contribution < -0.4 is 0 Å². The van der Waals surface area contributed by atoms with Gasteiger partial charge >= 0.3 is 0 Å². The molecule has 0 aliphatic rings. The standard InChI is InChI=1S/C11H7Cl3N2/c1-2-16-10-7(8(5-15)11(16)14)3-6(12)4-9(10)13/h3-4H,2H2,1H3. The molecule has 16 heavy (non-hydrogen) atoms. The van der Waals surface area contributed by atoms with Crippen LogP contribution in [0.2, 0.25) is 15.2 Å². The summed E-state index contributed by atoms with van der Waals surface area (Å²) in [7, 11) is 0. The zero-order chi connectivity index (χ0) is 11.9. The van der Waals surface area contributed by atoms with E-state index in [-0.39, 0.29) is 0 Å². The first-order valence-corrected chi connectivity index (χ1v) is 5.80. The molecule has 1 heterocycles. The van der Waals surface area contributed by atoms with Gasteiger partial charge in [-0.05, 0) is 19.1 Å². The number of halogens is 3. The van der Waals surface area contributed by atoms with E-state index < -0.39 is 0 Å². The van der Waals surface area contributed by atoms with Gasteiger partial charge in [-0.25, -0.2) is 0 Å². The summed E-state index contributed by atoms with van der Waals surface area (Å²) in [6.07, 6.45) is 0. The molecule has 1 aromatic carbocycles. The summed E-state index contributed by atoms with van der Waals surface area (Å²) in [5, 5.41) is 11.2. The lowest BCUT2D eigenvalue weighted by Gasteiger charge is -2.04. The van der Waals surface area contributed by atoms with Crippen molar-refractivity contribution in [1.29, 1.82) is 5.26 Å². The Morgan fingerprint density at radius 1 is 1.31 bits per heavy atom. The third-order valence-corrected chi connectivity index (χ3v) is 3.34. The van der Waals surface area contributed by atoms with E-state index in [9.17, 15) is 0 Å². The maximum absolute atomic E-state index is 9.07. The lowest BCUT2D eigenvalue weighted by Crippen LogP contribution is -1.93. The summed E-state index contributed by atoms with van der Waals surface area (Å²) in [4.78, 5) is 0. The van der Waals surface area contributed by atoms with Gasteiger partial charge < -0.3 is 4.57 Å². The van der Waals surface area contributed by atoms with Crippen molar-refractivity contribution in [3.63, 3.8) is 0 Å². The smallest absolute Gasteiger partial charge is 0.128 e. The van der Waals surface area contributed by atoms with Crippen LogP contribution in [0.5, 0.6) is 0 Å². The molecule has 5 heteroatoms. The highest BCUT2D eigenvalue weighted by Gasteiger charge is 2.17. The predicted molar refractivity (Wildman–Crippen MR) is 67.4 cm³/mol. The van der Waals surface area contributed by atoms with Crippen molar-refractivity contribution in [2.75, 3.05) is 0 Å². The molecule has 2 nitrogen and oxygen atoms in total. The first kappa shape index (κ1) is 11.6. The van der Waals surface area contributed by atoms with Gasteiger partial charge in [0.1, 0.15) is 11.2 Å². The molecule has 0 fully saturated rings. The van der Waals surface area contributed by atoms with E-state index in [4.69, 9.17) is 40.1 Å². The van der Waals surface area contributed by atoms with Crippen LogP contribution in [-0.2, 0) is 6.54 Å². The van der Waals surface area contributed by atoms with Crippen molar-refractivity contribution < 1.29 is 0 Å². The van der Waals surface area contributed by atoms with Gasteiger partial charge in [-0.15, -0.1) is 0 Å². The SMILES string of the molecule is CCn1c(Cl)c(C#N)c2cc(Cl)cc(Cl)c21. The van der Waals surface area contributed by atoms with E-state index in [1.54, 1.807) is 16.7 Å². The fourth-order valence-corrected chi connectivity index (χ4v) is 2.72. The highest BCUT2D eigenvalue weighted by molar-refractivity contribution is 6.40. The fraction of sp³-hybridized carbons (Fsp3) is 0.182. The van der Waals surface area contributed by atoms with E-state index in [2.05, 4.69) is 6.07 Å². The normalized spacial score (nSPS) is 10.7. The third-order valence-electron chi connectivity index (χ3n) is 2.44. The van der Waals surface area contributed by atoms with Gasteiger partial charge in [0.15, 0.2) is 0 Å². The quantitative estimate of drug-likeness (QED) is 0.752. The molecule has 0 amide bonds. The molecule has 0 N–H and O–H groups in total. The van der Waals surface area contributed by atoms with Crippen molar-refractivity contribution in [2.24, 2.45) is 0 Å². The van der Waals surface area contributed by atoms with Crippen LogP contribution in [0.15, 0.2) is 12.1 Å². The van der Waals surface area contributed by atoms with E-state index in [1.165, 1.54) is 0 Å². The van der Waals surface area contributed by atoms with Crippen molar-refractivity contribution in [2.45, 2.75) is 13.5 Å².